The molecule has 176 valence electrons. The molecule has 0 saturated carbocycles. The third-order valence-corrected chi connectivity index (χ3v) is 5.79. The van der Waals surface area contributed by atoms with E-state index in [4.69, 9.17) is 9.15 Å². The number of aryl methyl sites for hydroxylation is 1. The van der Waals surface area contributed by atoms with Gasteiger partial charge in [-0.2, -0.15) is 0 Å². The number of urea groups is 1. The fourth-order valence-corrected chi connectivity index (χ4v) is 4.09. The van der Waals surface area contributed by atoms with Crippen LogP contribution >= 0.6 is 0 Å². The number of hydrogen-bond acceptors (Lipinski definition) is 5. The predicted octanol–water partition coefficient (Wildman–Crippen LogP) is 4.28. The van der Waals surface area contributed by atoms with Gasteiger partial charge in [0.2, 0.25) is 0 Å². The molecule has 0 aliphatic carbocycles. The third-order valence-electron chi connectivity index (χ3n) is 5.79. The summed E-state index contributed by atoms with van der Waals surface area (Å²) in [4.78, 5) is 38.9. The number of nitrogens with zero attached hydrogens (tertiary/aromatic N) is 2. The van der Waals surface area contributed by atoms with Gasteiger partial charge in [-0.05, 0) is 48.9 Å². The van der Waals surface area contributed by atoms with Crippen LogP contribution in [0.3, 0.4) is 0 Å². The smallest absolute Gasteiger partial charge is 0.331 e. The van der Waals surface area contributed by atoms with E-state index in [9.17, 15) is 14.4 Å². The first-order valence-electron chi connectivity index (χ1n) is 11.2. The van der Waals surface area contributed by atoms with Crippen molar-refractivity contribution in [2.75, 3.05) is 6.61 Å². The minimum Gasteiger partial charge on any atom is -0.492 e. The number of carbonyl (C=O) groups is 3. The molecule has 8 heteroatoms. The molecular formula is C27H23N3O5. The van der Waals surface area contributed by atoms with Crippen LogP contribution in [0, 0.1) is 6.92 Å². The highest BCUT2D eigenvalue weighted by Gasteiger charge is 2.36. The van der Waals surface area contributed by atoms with Crippen LogP contribution in [0.25, 0.3) is 17.0 Å². The van der Waals surface area contributed by atoms with Crippen LogP contribution in [0.15, 0.2) is 83.1 Å². The van der Waals surface area contributed by atoms with Gasteiger partial charge in [0.1, 0.15) is 23.7 Å². The molecule has 5 rings (SSSR count). The lowest BCUT2D eigenvalue weighted by Gasteiger charge is -2.25. The first-order chi connectivity index (χ1) is 17.0. The number of benzene rings is 2. The molecule has 35 heavy (non-hydrogen) atoms. The number of ether oxygens (including phenoxy) is 1. The van der Waals surface area contributed by atoms with Gasteiger partial charge in [0.05, 0.1) is 19.4 Å². The standard InChI is InChI=1S/C27H23N3O5/c1-18-6-4-7-20(14-18)35-13-11-29-16-19(22-9-2-3-10-24(22)29)15-23-25(31)28-27(33)30(26(23)32)17-21-8-5-12-34-21/h2-10,12,14-16H,11,13,17H2,1H3,(H,28,31,33). The van der Waals surface area contributed by atoms with Crippen molar-refractivity contribution in [3.8, 4) is 5.75 Å². The largest absolute Gasteiger partial charge is 0.492 e. The van der Waals surface area contributed by atoms with E-state index in [1.54, 1.807) is 12.1 Å². The van der Waals surface area contributed by atoms with E-state index in [0.717, 1.165) is 27.1 Å². The molecule has 4 amide bonds. The van der Waals surface area contributed by atoms with Crippen molar-refractivity contribution in [2.45, 2.75) is 20.0 Å². The Hall–Kier alpha value is -4.59. The minimum atomic E-state index is -0.774. The van der Waals surface area contributed by atoms with Gasteiger partial charge in [0, 0.05) is 22.7 Å². The summed E-state index contributed by atoms with van der Waals surface area (Å²) in [6.07, 6.45) is 4.87. The van der Waals surface area contributed by atoms with Gasteiger partial charge in [-0.25, -0.2) is 4.79 Å². The SMILES string of the molecule is Cc1cccc(OCCn2cc(C=C3C(=O)NC(=O)N(Cc4ccco4)C3=O)c3ccccc32)c1. The summed E-state index contributed by atoms with van der Waals surface area (Å²) in [5.41, 5.74) is 2.65. The molecule has 1 fully saturated rings. The lowest BCUT2D eigenvalue weighted by atomic mass is 10.1. The molecule has 2 aromatic heterocycles. The van der Waals surface area contributed by atoms with Gasteiger partial charge in [-0.3, -0.25) is 19.8 Å². The Kier molecular flexibility index (Phi) is 5.93. The van der Waals surface area contributed by atoms with Crippen LogP contribution in [-0.2, 0) is 22.7 Å². The molecule has 0 spiro atoms. The van der Waals surface area contributed by atoms with Crippen LogP contribution in [0.1, 0.15) is 16.9 Å². The maximum absolute atomic E-state index is 13.1. The number of carbonyl (C=O) groups excluding carboxylic acids is 3. The molecule has 4 aromatic rings. The zero-order valence-electron chi connectivity index (χ0n) is 19.1. The highest BCUT2D eigenvalue weighted by Crippen LogP contribution is 2.25. The second-order valence-electron chi connectivity index (χ2n) is 8.25. The first-order valence-corrected chi connectivity index (χ1v) is 11.2. The fraction of sp³-hybridized carbons (Fsp3) is 0.148. The second kappa shape index (κ2) is 9.34. The number of amides is 4. The van der Waals surface area contributed by atoms with Crippen molar-refractivity contribution in [1.82, 2.24) is 14.8 Å². The number of fused-ring (bicyclic) bond motifs is 1. The molecule has 8 nitrogen and oxygen atoms in total. The van der Waals surface area contributed by atoms with E-state index in [1.165, 1.54) is 12.3 Å². The topological polar surface area (TPSA) is 93.8 Å². The van der Waals surface area contributed by atoms with Gasteiger partial charge >= 0.3 is 6.03 Å². The second-order valence-corrected chi connectivity index (χ2v) is 8.25. The summed E-state index contributed by atoms with van der Waals surface area (Å²) < 4.78 is 13.2. The maximum Gasteiger partial charge on any atom is 0.331 e. The van der Waals surface area contributed by atoms with E-state index < -0.39 is 17.8 Å². The van der Waals surface area contributed by atoms with Gasteiger partial charge in [0.15, 0.2) is 0 Å². The third kappa shape index (κ3) is 4.59. The highest BCUT2D eigenvalue weighted by atomic mass is 16.5. The van der Waals surface area contributed by atoms with Crippen molar-refractivity contribution in [2.24, 2.45) is 0 Å². The van der Waals surface area contributed by atoms with Crippen LogP contribution in [0.5, 0.6) is 5.75 Å². The maximum atomic E-state index is 13.1. The average Bonchev–Trinajstić information content (AvgIpc) is 3.48. The Labute approximate surface area is 201 Å². The quantitative estimate of drug-likeness (QED) is 0.322. The molecule has 0 unspecified atom stereocenters. The molecule has 0 atom stereocenters. The number of barbiturate groups is 1. The zero-order chi connectivity index (χ0) is 24.4. The molecular weight excluding hydrogens is 446 g/mol. The Morgan fingerprint density at radius 3 is 2.69 bits per heavy atom. The van der Waals surface area contributed by atoms with Gasteiger partial charge in [-0.15, -0.1) is 0 Å². The van der Waals surface area contributed by atoms with Gasteiger partial charge in [0.25, 0.3) is 11.8 Å². The average molecular weight is 469 g/mol. The summed E-state index contributed by atoms with van der Waals surface area (Å²) in [5.74, 6) is -0.160. The summed E-state index contributed by atoms with van der Waals surface area (Å²) in [6, 6.07) is 18.1. The predicted molar refractivity (Wildman–Crippen MR) is 129 cm³/mol. The van der Waals surface area contributed by atoms with E-state index in [2.05, 4.69) is 5.32 Å². The Balaban J connectivity index is 1.41. The highest BCUT2D eigenvalue weighted by molar-refractivity contribution is 6.31. The molecule has 2 aromatic carbocycles. The summed E-state index contributed by atoms with van der Waals surface area (Å²) in [7, 11) is 0. The summed E-state index contributed by atoms with van der Waals surface area (Å²) in [6.45, 7) is 2.96. The number of aromatic nitrogens is 1. The molecule has 0 radical (unpaired) electrons. The van der Waals surface area contributed by atoms with Crippen LogP contribution in [0.4, 0.5) is 4.79 Å². The Morgan fingerprint density at radius 1 is 1.03 bits per heavy atom. The molecule has 1 saturated heterocycles. The molecule has 3 heterocycles. The number of nitrogens with one attached hydrogen (secondary N) is 1. The van der Waals surface area contributed by atoms with Crippen molar-refractivity contribution < 1.29 is 23.5 Å². The zero-order valence-corrected chi connectivity index (χ0v) is 19.1. The van der Waals surface area contributed by atoms with E-state index in [1.807, 2.05) is 66.2 Å². The van der Waals surface area contributed by atoms with Crippen molar-refractivity contribution in [1.29, 1.82) is 0 Å². The Morgan fingerprint density at radius 2 is 1.89 bits per heavy atom. The summed E-state index contributed by atoms with van der Waals surface area (Å²) >= 11 is 0. The molecule has 0 bridgehead atoms. The van der Waals surface area contributed by atoms with E-state index in [0.29, 0.717) is 24.5 Å². The van der Waals surface area contributed by atoms with E-state index >= 15 is 0 Å². The monoisotopic (exact) mass is 469 g/mol. The van der Waals surface area contributed by atoms with Crippen LogP contribution in [0.2, 0.25) is 0 Å². The molecule has 1 N–H and O–H groups in total. The van der Waals surface area contributed by atoms with Crippen LogP contribution < -0.4 is 10.1 Å². The van der Waals surface area contributed by atoms with Gasteiger partial charge in [-0.1, -0.05) is 30.3 Å². The lowest BCUT2D eigenvalue weighted by molar-refractivity contribution is -0.130. The number of furan rings is 1. The van der Waals surface area contributed by atoms with Crippen molar-refractivity contribution in [3.05, 3.63) is 95.6 Å². The molecule has 1 aliphatic heterocycles. The van der Waals surface area contributed by atoms with Crippen molar-refractivity contribution in [3.63, 3.8) is 0 Å². The first kappa shape index (κ1) is 22.2. The lowest BCUT2D eigenvalue weighted by Crippen LogP contribution is -2.53. The Bertz CT molecular complexity index is 1450. The fourth-order valence-electron chi connectivity index (χ4n) is 4.09. The normalized spacial score (nSPS) is 15.2. The minimum absolute atomic E-state index is 0.0691. The number of para-hydroxylation sites is 1. The van der Waals surface area contributed by atoms with Gasteiger partial charge < -0.3 is 13.7 Å². The number of imide groups is 2. The van der Waals surface area contributed by atoms with Crippen LogP contribution in [-0.4, -0.2) is 33.9 Å². The molecule has 1 aliphatic rings. The number of rotatable bonds is 7. The van der Waals surface area contributed by atoms with E-state index in [-0.39, 0.29) is 12.1 Å². The summed E-state index contributed by atoms with van der Waals surface area (Å²) in [5, 5.41) is 3.13. The van der Waals surface area contributed by atoms with Crippen molar-refractivity contribution >= 4 is 34.8 Å². The number of hydrogen-bond donors (Lipinski definition) is 1.